The van der Waals surface area contributed by atoms with Gasteiger partial charge >= 0.3 is 0 Å². The molecule has 3 heterocycles. The fourth-order valence-electron chi connectivity index (χ4n) is 4.93. The number of nitrogens with zero attached hydrogens (tertiary/aromatic N) is 4. The first-order chi connectivity index (χ1) is 16.8. The van der Waals surface area contributed by atoms with Gasteiger partial charge in [-0.1, -0.05) is 29.7 Å². The quantitative estimate of drug-likeness (QED) is 0.575. The normalized spacial score (nSPS) is 18.5. The van der Waals surface area contributed by atoms with E-state index in [4.69, 9.17) is 20.9 Å². The van der Waals surface area contributed by atoms with E-state index < -0.39 is 0 Å². The molecular weight excluding hydrogens is 468 g/mol. The minimum absolute atomic E-state index is 0.0460. The van der Waals surface area contributed by atoms with Gasteiger partial charge in [-0.15, -0.1) is 0 Å². The Kier molecular flexibility index (Phi) is 8.02. The van der Waals surface area contributed by atoms with Gasteiger partial charge in [0.1, 0.15) is 17.1 Å². The van der Waals surface area contributed by atoms with Crippen molar-refractivity contribution in [3.63, 3.8) is 0 Å². The second-order valence-electron chi connectivity index (χ2n) is 9.81. The number of amides is 2. The molecule has 0 N–H and O–H groups in total. The highest BCUT2D eigenvalue weighted by atomic mass is 35.5. The number of hydrogen-bond acceptors (Lipinski definition) is 6. The van der Waals surface area contributed by atoms with Crippen LogP contribution in [0.2, 0.25) is 5.02 Å². The number of aryl methyl sites for hydroxylation is 2. The molecule has 1 aromatic heterocycles. The summed E-state index contributed by atoms with van der Waals surface area (Å²) in [5, 5.41) is 4.65. The molecule has 2 aliphatic rings. The topological polar surface area (TPSA) is 79.1 Å². The predicted molar refractivity (Wildman–Crippen MR) is 134 cm³/mol. The number of benzene rings is 1. The lowest BCUT2D eigenvalue weighted by molar-refractivity contribution is -0.136. The van der Waals surface area contributed by atoms with Gasteiger partial charge in [0.15, 0.2) is 0 Å². The molecule has 0 bridgehead atoms. The van der Waals surface area contributed by atoms with Crippen LogP contribution in [0.1, 0.15) is 48.0 Å². The first-order valence-corrected chi connectivity index (χ1v) is 12.8. The number of carbonyl (C=O) groups is 2. The van der Waals surface area contributed by atoms with Gasteiger partial charge < -0.3 is 24.0 Å². The number of piperazine rings is 1. The van der Waals surface area contributed by atoms with E-state index in [0.29, 0.717) is 73.2 Å². The minimum atomic E-state index is -0.350. The van der Waals surface area contributed by atoms with Crippen LogP contribution in [-0.4, -0.2) is 84.6 Å². The maximum Gasteiger partial charge on any atom is 0.259 e. The summed E-state index contributed by atoms with van der Waals surface area (Å²) in [7, 11) is 2.08. The molecule has 2 aromatic rings. The van der Waals surface area contributed by atoms with Crippen molar-refractivity contribution in [3.8, 4) is 5.75 Å². The zero-order valence-corrected chi connectivity index (χ0v) is 21.6. The summed E-state index contributed by atoms with van der Waals surface area (Å²) in [6, 6.07) is 7.33. The second-order valence-corrected chi connectivity index (χ2v) is 10.2. The molecule has 9 heteroatoms. The van der Waals surface area contributed by atoms with E-state index in [-0.39, 0.29) is 17.2 Å². The number of piperidine rings is 1. The van der Waals surface area contributed by atoms with Gasteiger partial charge in [0, 0.05) is 56.1 Å². The molecule has 35 heavy (non-hydrogen) atoms. The summed E-state index contributed by atoms with van der Waals surface area (Å²) < 4.78 is 11.4. The molecule has 0 atom stereocenters. The molecule has 0 aliphatic carbocycles. The predicted octanol–water partition coefficient (Wildman–Crippen LogP) is 3.66. The van der Waals surface area contributed by atoms with Crippen LogP contribution in [0.4, 0.5) is 0 Å². The van der Waals surface area contributed by atoms with Crippen LogP contribution in [0, 0.1) is 12.3 Å². The average Bonchev–Trinajstić information content (AvgIpc) is 3.23. The molecule has 0 radical (unpaired) electrons. The lowest BCUT2D eigenvalue weighted by Crippen LogP contribution is -2.51. The Morgan fingerprint density at radius 3 is 2.49 bits per heavy atom. The molecule has 0 unspecified atom stereocenters. The number of rotatable bonds is 7. The zero-order valence-electron chi connectivity index (χ0n) is 20.9. The fourth-order valence-corrected chi connectivity index (χ4v) is 5.11. The molecular formula is C26H35ClN4O4. The molecule has 2 amide bonds. The molecule has 1 aromatic carbocycles. The van der Waals surface area contributed by atoms with Gasteiger partial charge in [-0.25, -0.2) is 0 Å². The minimum Gasteiger partial charge on any atom is -0.493 e. The molecule has 4 rings (SSSR count). The SMILES string of the molecule is CCc1noc(C)c1C(=O)N1CCC(COc2cccc(Cl)c2)(CC(=O)N2CCN(C)CC2)CC1. The molecule has 0 saturated carbocycles. The van der Waals surface area contributed by atoms with Crippen LogP contribution >= 0.6 is 11.6 Å². The Labute approximate surface area is 212 Å². The highest BCUT2D eigenvalue weighted by Crippen LogP contribution is 2.37. The third kappa shape index (κ3) is 5.98. The van der Waals surface area contributed by atoms with Crippen LogP contribution in [0.25, 0.3) is 0 Å². The zero-order chi connectivity index (χ0) is 25.0. The van der Waals surface area contributed by atoms with Gasteiger partial charge in [0.05, 0.1) is 12.3 Å². The molecule has 2 saturated heterocycles. The van der Waals surface area contributed by atoms with E-state index in [1.165, 1.54) is 0 Å². The second kappa shape index (κ2) is 11.0. The Morgan fingerprint density at radius 1 is 1.11 bits per heavy atom. The monoisotopic (exact) mass is 502 g/mol. The lowest BCUT2D eigenvalue weighted by Gasteiger charge is -2.42. The molecule has 8 nitrogen and oxygen atoms in total. The first-order valence-electron chi connectivity index (χ1n) is 12.4. The summed E-state index contributed by atoms with van der Waals surface area (Å²) in [6.07, 6.45) is 2.42. The standard InChI is InChI=1S/C26H35ClN4O4/c1-4-22-24(19(2)35-28-22)25(33)31-10-8-26(9-11-31,18-34-21-7-5-6-20(27)16-21)17-23(32)30-14-12-29(3)13-15-30/h5-7,16H,4,8-15,17-18H2,1-3H3. The van der Waals surface area contributed by atoms with E-state index in [0.717, 1.165) is 26.2 Å². The van der Waals surface area contributed by atoms with Crippen molar-refractivity contribution in [2.24, 2.45) is 5.41 Å². The maximum absolute atomic E-state index is 13.3. The summed E-state index contributed by atoms with van der Waals surface area (Å²) in [6.45, 7) is 8.53. The van der Waals surface area contributed by atoms with E-state index in [2.05, 4.69) is 17.1 Å². The van der Waals surface area contributed by atoms with Crippen molar-refractivity contribution in [1.82, 2.24) is 19.9 Å². The molecule has 2 fully saturated rings. The summed E-state index contributed by atoms with van der Waals surface area (Å²) >= 11 is 6.14. The van der Waals surface area contributed by atoms with Crippen molar-refractivity contribution in [2.45, 2.75) is 39.5 Å². The first kappa shape index (κ1) is 25.5. The van der Waals surface area contributed by atoms with E-state index >= 15 is 0 Å². The number of ether oxygens (including phenoxy) is 1. The number of likely N-dealkylation sites (N-methyl/N-ethyl adjacent to an activating group) is 1. The third-order valence-electron chi connectivity index (χ3n) is 7.32. The number of halogens is 1. The van der Waals surface area contributed by atoms with E-state index in [1.807, 2.05) is 34.9 Å². The Bertz CT molecular complexity index is 1040. The average molecular weight is 503 g/mol. The van der Waals surface area contributed by atoms with Gasteiger partial charge in [-0.2, -0.15) is 0 Å². The number of likely N-dealkylation sites (tertiary alicyclic amines) is 1. The lowest BCUT2D eigenvalue weighted by atomic mass is 9.75. The maximum atomic E-state index is 13.3. The van der Waals surface area contributed by atoms with Crippen LogP contribution in [0.3, 0.4) is 0 Å². The highest BCUT2D eigenvalue weighted by Gasteiger charge is 2.41. The number of hydrogen-bond donors (Lipinski definition) is 0. The summed E-state index contributed by atoms with van der Waals surface area (Å²) in [5.41, 5.74) is 0.916. The molecule has 0 spiro atoms. The number of carbonyl (C=O) groups excluding carboxylic acids is 2. The van der Waals surface area contributed by atoms with E-state index in [9.17, 15) is 9.59 Å². The largest absolute Gasteiger partial charge is 0.493 e. The van der Waals surface area contributed by atoms with Crippen LogP contribution < -0.4 is 4.74 Å². The van der Waals surface area contributed by atoms with Crippen molar-refractivity contribution < 1.29 is 18.8 Å². The van der Waals surface area contributed by atoms with Crippen molar-refractivity contribution in [1.29, 1.82) is 0 Å². The smallest absolute Gasteiger partial charge is 0.259 e. The molecule has 2 aliphatic heterocycles. The summed E-state index contributed by atoms with van der Waals surface area (Å²) in [4.78, 5) is 32.7. The van der Waals surface area contributed by atoms with Crippen molar-refractivity contribution in [3.05, 3.63) is 46.3 Å². The van der Waals surface area contributed by atoms with Crippen molar-refractivity contribution in [2.75, 3.05) is 52.9 Å². The van der Waals surface area contributed by atoms with Crippen molar-refractivity contribution >= 4 is 23.4 Å². The summed E-state index contributed by atoms with van der Waals surface area (Å²) in [5.74, 6) is 1.36. The van der Waals surface area contributed by atoms with Crippen LogP contribution in [0.5, 0.6) is 5.75 Å². The van der Waals surface area contributed by atoms with Gasteiger partial charge in [0.25, 0.3) is 5.91 Å². The third-order valence-corrected chi connectivity index (χ3v) is 7.55. The Balaban J connectivity index is 1.47. The van der Waals surface area contributed by atoms with Gasteiger partial charge in [0.2, 0.25) is 5.91 Å². The van der Waals surface area contributed by atoms with Crippen LogP contribution in [0.15, 0.2) is 28.8 Å². The Morgan fingerprint density at radius 2 is 1.83 bits per heavy atom. The van der Waals surface area contributed by atoms with Gasteiger partial charge in [-0.05, 0) is 51.4 Å². The highest BCUT2D eigenvalue weighted by molar-refractivity contribution is 6.30. The van der Waals surface area contributed by atoms with Gasteiger partial charge in [-0.3, -0.25) is 9.59 Å². The fraction of sp³-hybridized carbons (Fsp3) is 0.577. The number of aromatic nitrogens is 1. The van der Waals surface area contributed by atoms with E-state index in [1.54, 1.807) is 13.0 Å². The van der Waals surface area contributed by atoms with Crippen LogP contribution in [-0.2, 0) is 11.2 Å². The molecule has 190 valence electrons. The Hall–Kier alpha value is -2.58.